The zero-order valence-corrected chi connectivity index (χ0v) is 20.9. The zero-order chi connectivity index (χ0) is 25.1. The molecule has 0 aliphatic heterocycles. The Balaban J connectivity index is 1.66. The molecule has 1 aromatic heterocycles. The van der Waals surface area contributed by atoms with Gasteiger partial charge >= 0.3 is 0 Å². The summed E-state index contributed by atoms with van der Waals surface area (Å²) < 4.78 is 36.6. The zero-order valence-electron chi connectivity index (χ0n) is 20.9. The van der Waals surface area contributed by atoms with Gasteiger partial charge in [0.15, 0.2) is 11.6 Å². The van der Waals surface area contributed by atoms with E-state index in [0.717, 1.165) is 69.4 Å². The molecule has 1 N–H and O–H groups in total. The first-order valence-corrected chi connectivity index (χ1v) is 13.3. The summed E-state index contributed by atoms with van der Waals surface area (Å²) in [6.07, 6.45) is 9.87. The normalized spacial score (nSPS) is 19.3. The van der Waals surface area contributed by atoms with E-state index >= 15 is 0 Å². The van der Waals surface area contributed by atoms with Crippen LogP contribution in [0.1, 0.15) is 87.7 Å². The summed E-state index contributed by atoms with van der Waals surface area (Å²) in [5.41, 5.74) is 1.62. The monoisotopic (exact) mass is 495 g/mol. The number of benzene rings is 2. The predicted molar refractivity (Wildman–Crippen MR) is 136 cm³/mol. The van der Waals surface area contributed by atoms with Gasteiger partial charge in [0, 0.05) is 25.3 Å². The predicted octanol–water partition coefficient (Wildman–Crippen LogP) is 6.62. The lowest BCUT2D eigenvalue weighted by atomic mass is 9.82. The molecule has 192 valence electrons. The summed E-state index contributed by atoms with van der Waals surface area (Å²) in [6.45, 7) is 0. The van der Waals surface area contributed by atoms with E-state index in [2.05, 4.69) is 5.32 Å². The molecule has 0 radical (unpaired) electrons. The van der Waals surface area contributed by atoms with Crippen LogP contribution in [0.3, 0.4) is 0 Å². The quantitative estimate of drug-likeness (QED) is 0.401. The highest BCUT2D eigenvalue weighted by Crippen LogP contribution is 2.39. The lowest BCUT2D eigenvalue weighted by molar-refractivity contribution is -0.127. The van der Waals surface area contributed by atoms with Crippen molar-refractivity contribution in [1.82, 2.24) is 14.9 Å². The molecule has 5 rings (SSSR count). The molecule has 2 saturated carbocycles. The molecule has 36 heavy (non-hydrogen) atoms. The number of carbonyl (C=O) groups is 1. The van der Waals surface area contributed by atoms with Gasteiger partial charge in [-0.2, -0.15) is 0 Å². The molecule has 7 heteroatoms. The van der Waals surface area contributed by atoms with Gasteiger partial charge in [-0.05, 0) is 37.2 Å². The molecule has 2 aliphatic rings. The number of fused-ring (bicyclic) bond motifs is 1. The van der Waals surface area contributed by atoms with Crippen LogP contribution in [-0.2, 0) is 9.53 Å². The summed E-state index contributed by atoms with van der Waals surface area (Å²) in [5.74, 6) is -1.37. The van der Waals surface area contributed by atoms with Gasteiger partial charge in [0.1, 0.15) is 18.0 Å². The second kappa shape index (κ2) is 11.1. The molecule has 2 aliphatic carbocycles. The smallest absolute Gasteiger partial charge is 0.243 e. The number of amides is 1. The van der Waals surface area contributed by atoms with Crippen molar-refractivity contribution in [2.75, 3.05) is 7.11 Å². The molecular weight excluding hydrogens is 460 g/mol. The summed E-state index contributed by atoms with van der Waals surface area (Å²) in [7, 11) is 1.60. The summed E-state index contributed by atoms with van der Waals surface area (Å²) >= 11 is 0. The first kappa shape index (κ1) is 24.9. The van der Waals surface area contributed by atoms with Crippen LogP contribution < -0.4 is 5.32 Å². The van der Waals surface area contributed by atoms with Crippen molar-refractivity contribution in [2.45, 2.75) is 82.4 Å². The largest absolute Gasteiger partial charge is 0.369 e. The van der Waals surface area contributed by atoms with E-state index < -0.39 is 23.8 Å². The molecule has 0 bridgehead atoms. The van der Waals surface area contributed by atoms with Crippen LogP contribution >= 0.6 is 0 Å². The Morgan fingerprint density at radius 3 is 2.28 bits per heavy atom. The highest BCUT2D eigenvalue weighted by molar-refractivity contribution is 5.85. The van der Waals surface area contributed by atoms with Gasteiger partial charge in [-0.15, -0.1) is 0 Å². The Labute approximate surface area is 211 Å². The average molecular weight is 496 g/mol. The van der Waals surface area contributed by atoms with E-state index in [1.165, 1.54) is 12.5 Å². The van der Waals surface area contributed by atoms with Crippen molar-refractivity contribution in [3.8, 4) is 0 Å². The number of methoxy groups -OCH3 is 1. The summed E-state index contributed by atoms with van der Waals surface area (Å²) in [5, 5.41) is 3.32. The van der Waals surface area contributed by atoms with E-state index in [-0.39, 0.29) is 17.9 Å². The van der Waals surface area contributed by atoms with Crippen LogP contribution in [0.2, 0.25) is 0 Å². The number of carbonyl (C=O) groups excluding carboxylic acids is 1. The lowest BCUT2D eigenvalue weighted by Crippen LogP contribution is -2.44. The van der Waals surface area contributed by atoms with Crippen molar-refractivity contribution in [3.05, 3.63) is 65.5 Å². The molecule has 1 amide bonds. The fourth-order valence-electron chi connectivity index (χ4n) is 6.13. The van der Waals surface area contributed by atoms with Crippen LogP contribution in [0.5, 0.6) is 0 Å². The number of nitrogens with zero attached hydrogens (tertiary/aromatic N) is 2. The number of halogens is 2. The molecular formula is C29H35F2N3O2. The minimum absolute atomic E-state index is 0.0537. The van der Waals surface area contributed by atoms with Gasteiger partial charge in [0.05, 0.1) is 11.0 Å². The first-order valence-electron chi connectivity index (χ1n) is 13.3. The number of ether oxygens (including phenoxy) is 1. The van der Waals surface area contributed by atoms with Crippen molar-refractivity contribution >= 4 is 16.9 Å². The van der Waals surface area contributed by atoms with Crippen LogP contribution in [-0.4, -0.2) is 28.6 Å². The highest BCUT2D eigenvalue weighted by atomic mass is 19.2. The van der Waals surface area contributed by atoms with Crippen LogP contribution in [0.15, 0.2) is 42.5 Å². The maximum atomic E-state index is 14.6. The average Bonchev–Trinajstić information content (AvgIpc) is 3.24. The third-order valence-corrected chi connectivity index (χ3v) is 7.93. The van der Waals surface area contributed by atoms with Crippen LogP contribution in [0.4, 0.5) is 8.78 Å². The van der Waals surface area contributed by atoms with Crippen molar-refractivity contribution in [3.63, 3.8) is 0 Å². The Hall–Kier alpha value is -2.80. The third-order valence-electron chi connectivity index (χ3n) is 7.93. The minimum Gasteiger partial charge on any atom is -0.369 e. The van der Waals surface area contributed by atoms with E-state index in [1.54, 1.807) is 7.11 Å². The molecule has 5 nitrogen and oxygen atoms in total. The van der Waals surface area contributed by atoms with Gasteiger partial charge in [-0.3, -0.25) is 4.79 Å². The van der Waals surface area contributed by atoms with Gasteiger partial charge < -0.3 is 14.6 Å². The van der Waals surface area contributed by atoms with E-state index in [1.807, 2.05) is 34.9 Å². The molecule has 1 heterocycles. The molecule has 1 unspecified atom stereocenters. The molecule has 3 aromatic rings. The number of rotatable bonds is 7. The van der Waals surface area contributed by atoms with Crippen molar-refractivity contribution in [1.29, 1.82) is 0 Å². The second-order valence-corrected chi connectivity index (χ2v) is 10.3. The number of nitrogens with one attached hydrogen (secondary N) is 1. The molecule has 0 spiro atoms. The standard InChI is InChI=1S/C29H35F2N3O2/c1-36-27(20-13-7-3-8-14-20)28-33-24-17-22(30)23(31)18-25(24)34(28)26(19-11-5-2-6-12-19)29(35)32-21-15-9-4-10-16-21/h3,7-8,13-14,17-19,21,26-27H,2,4-6,9-12,15-16H2,1H3,(H,32,35)/t26-,27?/m0/s1. The topological polar surface area (TPSA) is 56.2 Å². The Kier molecular flexibility index (Phi) is 7.65. The molecule has 2 aromatic carbocycles. The molecule has 2 atom stereocenters. The van der Waals surface area contributed by atoms with Gasteiger partial charge in [-0.25, -0.2) is 13.8 Å². The molecule has 0 saturated heterocycles. The van der Waals surface area contributed by atoms with Gasteiger partial charge in [0.25, 0.3) is 0 Å². The maximum Gasteiger partial charge on any atom is 0.243 e. The fourth-order valence-corrected chi connectivity index (χ4v) is 6.13. The Morgan fingerprint density at radius 1 is 0.972 bits per heavy atom. The first-order chi connectivity index (χ1) is 17.6. The third kappa shape index (κ3) is 5.03. The lowest BCUT2D eigenvalue weighted by Gasteiger charge is -2.34. The van der Waals surface area contributed by atoms with Crippen molar-refractivity contribution < 1.29 is 18.3 Å². The van der Waals surface area contributed by atoms with E-state index in [0.29, 0.717) is 16.9 Å². The van der Waals surface area contributed by atoms with Crippen LogP contribution in [0, 0.1) is 17.6 Å². The number of aromatic nitrogens is 2. The SMILES string of the molecule is COC(c1ccccc1)c1nc2cc(F)c(F)cc2n1[C@H](C(=O)NC1CCCCC1)C1CCCCC1. The van der Waals surface area contributed by atoms with Gasteiger partial charge in [-0.1, -0.05) is 68.9 Å². The fraction of sp³-hybridized carbons (Fsp3) is 0.517. The molecule has 2 fully saturated rings. The maximum absolute atomic E-state index is 14.6. The minimum atomic E-state index is -0.951. The van der Waals surface area contributed by atoms with Gasteiger partial charge in [0.2, 0.25) is 5.91 Å². The van der Waals surface area contributed by atoms with E-state index in [9.17, 15) is 13.6 Å². The Bertz CT molecular complexity index is 1180. The number of imidazole rings is 1. The Morgan fingerprint density at radius 2 is 1.61 bits per heavy atom. The highest BCUT2D eigenvalue weighted by Gasteiger charge is 2.37. The summed E-state index contributed by atoms with van der Waals surface area (Å²) in [4.78, 5) is 18.8. The van der Waals surface area contributed by atoms with E-state index in [4.69, 9.17) is 9.72 Å². The summed E-state index contributed by atoms with van der Waals surface area (Å²) in [6, 6.07) is 11.5. The van der Waals surface area contributed by atoms with Crippen LogP contribution in [0.25, 0.3) is 11.0 Å². The number of hydrogen-bond donors (Lipinski definition) is 1. The second-order valence-electron chi connectivity index (χ2n) is 10.3. The van der Waals surface area contributed by atoms with Crippen molar-refractivity contribution in [2.24, 2.45) is 5.92 Å². The number of hydrogen-bond acceptors (Lipinski definition) is 3.